The molecule has 0 bridgehead atoms. The maximum Gasteiger partial charge on any atom is 0.0130 e. The molecular formula is C13H29N. The van der Waals surface area contributed by atoms with Crippen LogP contribution in [0.2, 0.25) is 0 Å². The summed E-state index contributed by atoms with van der Waals surface area (Å²) in [6, 6.07) is 0. The van der Waals surface area contributed by atoms with Crippen molar-refractivity contribution >= 4 is 0 Å². The summed E-state index contributed by atoms with van der Waals surface area (Å²) in [5, 5.41) is 3.74. The van der Waals surface area contributed by atoms with E-state index in [4.69, 9.17) is 0 Å². The first-order valence-electron chi connectivity index (χ1n) is 5.98. The molecule has 0 spiro atoms. The van der Waals surface area contributed by atoms with Crippen LogP contribution in [0.3, 0.4) is 0 Å². The van der Waals surface area contributed by atoms with E-state index in [1.54, 1.807) is 0 Å². The summed E-state index contributed by atoms with van der Waals surface area (Å²) in [5.74, 6) is 0.806. The van der Waals surface area contributed by atoms with E-state index in [-0.39, 0.29) is 11.1 Å². The molecule has 1 heteroatoms. The summed E-state index contributed by atoms with van der Waals surface area (Å²) in [5.41, 5.74) is 0.532. The van der Waals surface area contributed by atoms with Gasteiger partial charge in [0.15, 0.2) is 0 Å². The van der Waals surface area contributed by atoms with Crippen LogP contribution >= 0.6 is 0 Å². The van der Waals surface area contributed by atoms with E-state index >= 15 is 0 Å². The second-order valence-corrected chi connectivity index (χ2v) is 6.18. The summed E-state index contributed by atoms with van der Waals surface area (Å²) >= 11 is 0. The van der Waals surface area contributed by atoms with E-state index in [2.05, 4.69) is 53.8 Å². The van der Waals surface area contributed by atoms with Crippen LogP contribution in [0.1, 0.15) is 67.7 Å². The van der Waals surface area contributed by atoms with Crippen LogP contribution in [0.5, 0.6) is 0 Å². The van der Waals surface area contributed by atoms with Crippen LogP contribution in [0, 0.1) is 5.92 Å². The Labute approximate surface area is 90.7 Å². The fourth-order valence-corrected chi connectivity index (χ4v) is 1.72. The van der Waals surface area contributed by atoms with Crippen molar-refractivity contribution in [2.24, 2.45) is 5.92 Å². The molecule has 0 aliphatic heterocycles. The maximum absolute atomic E-state index is 3.74. The highest BCUT2D eigenvalue weighted by Gasteiger charge is 2.25. The molecule has 0 fully saturated rings. The van der Waals surface area contributed by atoms with Crippen LogP contribution in [0.15, 0.2) is 0 Å². The normalized spacial score (nSPS) is 13.7. The molecule has 1 N–H and O–H groups in total. The highest BCUT2D eigenvalue weighted by atomic mass is 15.0. The topological polar surface area (TPSA) is 12.0 Å². The Balaban J connectivity index is 4.06. The van der Waals surface area contributed by atoms with Crippen molar-refractivity contribution in [2.75, 3.05) is 0 Å². The van der Waals surface area contributed by atoms with Gasteiger partial charge in [0.1, 0.15) is 0 Å². The zero-order valence-electron chi connectivity index (χ0n) is 11.2. The molecule has 0 atom stereocenters. The lowest BCUT2D eigenvalue weighted by molar-refractivity contribution is 0.235. The van der Waals surface area contributed by atoms with Crippen LogP contribution in [-0.2, 0) is 0 Å². The van der Waals surface area contributed by atoms with E-state index in [0.29, 0.717) is 0 Å². The highest BCUT2D eigenvalue weighted by molar-refractivity contribution is 4.87. The quantitative estimate of drug-likeness (QED) is 0.682. The van der Waals surface area contributed by atoms with Crippen LogP contribution in [-0.4, -0.2) is 11.1 Å². The zero-order valence-corrected chi connectivity index (χ0v) is 11.2. The Morgan fingerprint density at radius 2 is 1.50 bits per heavy atom. The molecule has 0 aromatic heterocycles. The smallest absolute Gasteiger partial charge is 0.0130 e. The summed E-state index contributed by atoms with van der Waals surface area (Å²) < 4.78 is 0. The molecule has 0 saturated heterocycles. The predicted octanol–water partition coefficient (Wildman–Crippen LogP) is 3.98. The number of hydrogen-bond donors (Lipinski definition) is 1. The molecule has 86 valence electrons. The minimum absolute atomic E-state index is 0.264. The molecule has 0 amide bonds. The van der Waals surface area contributed by atoms with Gasteiger partial charge < -0.3 is 5.32 Å². The van der Waals surface area contributed by atoms with E-state index in [0.717, 1.165) is 5.92 Å². The second-order valence-electron chi connectivity index (χ2n) is 6.18. The van der Waals surface area contributed by atoms with Crippen molar-refractivity contribution in [1.82, 2.24) is 5.32 Å². The fraction of sp³-hybridized carbons (Fsp3) is 1.00. The number of hydrogen-bond acceptors (Lipinski definition) is 1. The fourth-order valence-electron chi connectivity index (χ4n) is 1.72. The minimum Gasteiger partial charge on any atom is -0.307 e. The van der Waals surface area contributed by atoms with E-state index < -0.39 is 0 Å². The molecule has 0 saturated carbocycles. The van der Waals surface area contributed by atoms with E-state index in [1.807, 2.05) is 0 Å². The number of nitrogens with one attached hydrogen (secondary N) is 1. The lowest BCUT2D eigenvalue weighted by Gasteiger charge is -2.37. The van der Waals surface area contributed by atoms with Gasteiger partial charge in [-0.2, -0.15) is 0 Å². The summed E-state index contributed by atoms with van der Waals surface area (Å²) in [6.07, 6.45) is 3.74. The largest absolute Gasteiger partial charge is 0.307 e. The minimum atomic E-state index is 0.264. The molecule has 0 radical (unpaired) electrons. The molecule has 0 aromatic rings. The third kappa shape index (κ3) is 6.42. The van der Waals surface area contributed by atoms with Crippen molar-refractivity contribution in [1.29, 1.82) is 0 Å². The third-order valence-electron chi connectivity index (χ3n) is 2.91. The predicted molar refractivity (Wildman–Crippen MR) is 65.7 cm³/mol. The van der Waals surface area contributed by atoms with Gasteiger partial charge in [0.2, 0.25) is 0 Å². The van der Waals surface area contributed by atoms with Gasteiger partial charge in [0.25, 0.3) is 0 Å². The number of rotatable bonds is 6. The average molecular weight is 199 g/mol. The molecule has 0 rings (SSSR count). The molecular weight excluding hydrogens is 170 g/mol. The first-order chi connectivity index (χ1) is 6.18. The molecule has 14 heavy (non-hydrogen) atoms. The van der Waals surface area contributed by atoms with Gasteiger partial charge in [-0.05, 0) is 52.9 Å². The van der Waals surface area contributed by atoms with Gasteiger partial charge in [-0.3, -0.25) is 0 Å². The maximum atomic E-state index is 3.74. The van der Waals surface area contributed by atoms with Gasteiger partial charge in [-0.15, -0.1) is 0 Å². The molecule has 0 heterocycles. The molecule has 0 aliphatic carbocycles. The van der Waals surface area contributed by atoms with Gasteiger partial charge in [-0.25, -0.2) is 0 Å². The van der Waals surface area contributed by atoms with Crippen LogP contribution in [0.25, 0.3) is 0 Å². The van der Waals surface area contributed by atoms with Crippen molar-refractivity contribution in [3.05, 3.63) is 0 Å². The van der Waals surface area contributed by atoms with Crippen molar-refractivity contribution in [3.8, 4) is 0 Å². The Bertz CT molecular complexity index is 157. The highest BCUT2D eigenvalue weighted by Crippen LogP contribution is 2.20. The van der Waals surface area contributed by atoms with Gasteiger partial charge >= 0.3 is 0 Å². The van der Waals surface area contributed by atoms with Crippen LogP contribution < -0.4 is 5.32 Å². The first-order valence-corrected chi connectivity index (χ1v) is 5.98. The van der Waals surface area contributed by atoms with E-state index in [9.17, 15) is 0 Å². The Morgan fingerprint density at radius 3 is 1.86 bits per heavy atom. The van der Waals surface area contributed by atoms with Crippen LogP contribution in [0.4, 0.5) is 0 Å². The van der Waals surface area contributed by atoms with Crippen molar-refractivity contribution < 1.29 is 0 Å². The summed E-state index contributed by atoms with van der Waals surface area (Å²) in [6.45, 7) is 16.0. The monoisotopic (exact) mass is 199 g/mol. The van der Waals surface area contributed by atoms with E-state index in [1.165, 1.54) is 19.3 Å². The third-order valence-corrected chi connectivity index (χ3v) is 2.91. The Morgan fingerprint density at radius 1 is 1.00 bits per heavy atom. The van der Waals surface area contributed by atoms with Crippen molar-refractivity contribution in [2.45, 2.75) is 78.8 Å². The molecule has 0 unspecified atom stereocenters. The van der Waals surface area contributed by atoms with Gasteiger partial charge in [-0.1, -0.05) is 20.8 Å². The summed E-state index contributed by atoms with van der Waals surface area (Å²) in [7, 11) is 0. The van der Waals surface area contributed by atoms with Gasteiger partial charge in [0, 0.05) is 11.1 Å². The standard InChI is InChI=1S/C13H29N/c1-8-12(4,5)14-13(6,7)10-9-11(2)3/h11,14H,8-10H2,1-7H3. The zero-order chi connectivity index (χ0) is 11.4. The lowest BCUT2D eigenvalue weighted by Crippen LogP contribution is -2.51. The Kier molecular flexibility index (Phi) is 5.14. The Hall–Kier alpha value is -0.0400. The molecule has 1 nitrogen and oxygen atoms in total. The average Bonchev–Trinajstić information content (AvgIpc) is 1.99. The SMILES string of the molecule is CCC(C)(C)NC(C)(C)CCC(C)C. The molecule has 0 aromatic carbocycles. The first kappa shape index (κ1) is 14.0. The summed E-state index contributed by atoms with van der Waals surface area (Å²) in [4.78, 5) is 0. The molecule has 0 aliphatic rings. The second kappa shape index (κ2) is 5.16. The van der Waals surface area contributed by atoms with Crippen molar-refractivity contribution in [3.63, 3.8) is 0 Å². The van der Waals surface area contributed by atoms with Gasteiger partial charge in [0.05, 0.1) is 0 Å². The lowest BCUT2D eigenvalue weighted by atomic mass is 9.89.